The van der Waals surface area contributed by atoms with Crippen molar-refractivity contribution in [1.29, 1.82) is 0 Å². The Balaban J connectivity index is 1.92. The molecule has 1 aromatic rings. The molecule has 1 atom stereocenters. The van der Waals surface area contributed by atoms with Crippen molar-refractivity contribution < 1.29 is 0 Å². The lowest BCUT2D eigenvalue weighted by atomic mass is 10.2. The average Bonchev–Trinajstić information content (AvgIpc) is 2.40. The van der Waals surface area contributed by atoms with Gasteiger partial charge in [0.2, 0.25) is 0 Å². The van der Waals surface area contributed by atoms with Crippen molar-refractivity contribution in [3.8, 4) is 0 Å². The normalized spacial score (nSPS) is 21.5. The van der Waals surface area contributed by atoms with Gasteiger partial charge in [0.15, 0.2) is 0 Å². The van der Waals surface area contributed by atoms with Gasteiger partial charge in [-0.3, -0.25) is 9.80 Å². The third-order valence-electron chi connectivity index (χ3n) is 3.81. The first-order chi connectivity index (χ1) is 9.22. The fourth-order valence-electron chi connectivity index (χ4n) is 2.76. The topological polar surface area (TPSA) is 31.4 Å². The van der Waals surface area contributed by atoms with E-state index in [1.165, 1.54) is 6.54 Å². The van der Waals surface area contributed by atoms with Crippen LogP contribution in [0.4, 0.5) is 5.82 Å². The maximum Gasteiger partial charge on any atom is 0.126 e. The zero-order chi connectivity index (χ0) is 13.7. The third-order valence-corrected chi connectivity index (χ3v) is 3.81. The number of hydrogen-bond acceptors (Lipinski definition) is 4. The highest BCUT2D eigenvalue weighted by Gasteiger charge is 2.22. The highest BCUT2D eigenvalue weighted by atomic mass is 15.3. The molecule has 106 valence electrons. The average molecular weight is 262 g/mol. The molecule has 1 saturated heterocycles. The number of aromatic nitrogens is 1. The number of piperazine rings is 1. The SMILES string of the molecule is CCNc1cccc(CN2CCN(CC)C(C)C2)n1. The predicted molar refractivity (Wildman–Crippen MR) is 80.4 cm³/mol. The van der Waals surface area contributed by atoms with E-state index in [0.717, 1.165) is 44.2 Å². The summed E-state index contributed by atoms with van der Waals surface area (Å²) in [5.74, 6) is 0.986. The molecule has 19 heavy (non-hydrogen) atoms. The Kier molecular flexibility index (Phi) is 5.16. The molecular weight excluding hydrogens is 236 g/mol. The van der Waals surface area contributed by atoms with E-state index in [1.807, 2.05) is 6.07 Å². The number of anilines is 1. The second-order valence-corrected chi connectivity index (χ2v) is 5.26. The van der Waals surface area contributed by atoms with Crippen LogP contribution in [0.2, 0.25) is 0 Å². The smallest absolute Gasteiger partial charge is 0.126 e. The van der Waals surface area contributed by atoms with Crippen LogP contribution in [0, 0.1) is 0 Å². The standard InChI is InChI=1S/C15H26N4/c1-4-16-15-8-6-7-14(17-15)12-18-9-10-19(5-2)13(3)11-18/h6-8,13H,4-5,9-12H2,1-3H3,(H,16,17). The van der Waals surface area contributed by atoms with Crippen molar-refractivity contribution in [2.75, 3.05) is 38.0 Å². The number of nitrogens with one attached hydrogen (secondary N) is 1. The van der Waals surface area contributed by atoms with Crippen molar-refractivity contribution in [3.63, 3.8) is 0 Å². The zero-order valence-electron chi connectivity index (χ0n) is 12.4. The maximum absolute atomic E-state index is 4.65. The molecule has 0 aromatic carbocycles. The first-order valence-electron chi connectivity index (χ1n) is 7.39. The van der Waals surface area contributed by atoms with Crippen molar-refractivity contribution in [3.05, 3.63) is 23.9 Å². The lowest BCUT2D eigenvalue weighted by Crippen LogP contribution is -2.51. The van der Waals surface area contributed by atoms with E-state index < -0.39 is 0 Å². The lowest BCUT2D eigenvalue weighted by Gasteiger charge is -2.39. The van der Waals surface area contributed by atoms with Gasteiger partial charge < -0.3 is 5.32 Å². The van der Waals surface area contributed by atoms with Gasteiger partial charge >= 0.3 is 0 Å². The summed E-state index contributed by atoms with van der Waals surface area (Å²) in [4.78, 5) is 9.70. The van der Waals surface area contributed by atoms with Crippen LogP contribution in [0.15, 0.2) is 18.2 Å². The Bertz CT molecular complexity index is 393. The molecule has 1 aromatic heterocycles. The monoisotopic (exact) mass is 262 g/mol. The Morgan fingerprint density at radius 2 is 2.16 bits per heavy atom. The molecule has 0 aliphatic carbocycles. The minimum absolute atomic E-state index is 0.649. The van der Waals surface area contributed by atoms with E-state index in [-0.39, 0.29) is 0 Å². The quantitative estimate of drug-likeness (QED) is 0.880. The van der Waals surface area contributed by atoms with Gasteiger partial charge in [0, 0.05) is 38.8 Å². The molecule has 1 fully saturated rings. The summed E-state index contributed by atoms with van der Waals surface area (Å²) < 4.78 is 0. The number of rotatable bonds is 5. The van der Waals surface area contributed by atoms with Gasteiger partial charge in [0.05, 0.1) is 5.69 Å². The van der Waals surface area contributed by atoms with Crippen molar-refractivity contribution in [1.82, 2.24) is 14.8 Å². The molecule has 4 heteroatoms. The molecular formula is C15H26N4. The van der Waals surface area contributed by atoms with Gasteiger partial charge in [-0.25, -0.2) is 4.98 Å². The molecule has 4 nitrogen and oxygen atoms in total. The number of nitrogens with zero attached hydrogens (tertiary/aromatic N) is 3. The molecule has 2 heterocycles. The molecule has 1 N–H and O–H groups in total. The van der Waals surface area contributed by atoms with Gasteiger partial charge in [-0.15, -0.1) is 0 Å². The van der Waals surface area contributed by atoms with Crippen LogP contribution in [0.3, 0.4) is 0 Å². The molecule has 0 spiro atoms. The van der Waals surface area contributed by atoms with Crippen LogP contribution in [0.5, 0.6) is 0 Å². The summed E-state index contributed by atoms with van der Waals surface area (Å²) in [6.07, 6.45) is 0. The first kappa shape index (κ1) is 14.3. The fraction of sp³-hybridized carbons (Fsp3) is 0.667. The summed E-state index contributed by atoms with van der Waals surface area (Å²) in [5.41, 5.74) is 1.16. The van der Waals surface area contributed by atoms with E-state index in [0.29, 0.717) is 6.04 Å². The molecule has 1 aliphatic heterocycles. The minimum atomic E-state index is 0.649. The summed E-state index contributed by atoms with van der Waals surface area (Å²) in [7, 11) is 0. The second-order valence-electron chi connectivity index (χ2n) is 5.26. The Morgan fingerprint density at radius 3 is 2.84 bits per heavy atom. The second kappa shape index (κ2) is 6.87. The van der Waals surface area contributed by atoms with Crippen LogP contribution in [-0.2, 0) is 6.54 Å². The maximum atomic E-state index is 4.65. The van der Waals surface area contributed by atoms with Gasteiger partial charge in [-0.2, -0.15) is 0 Å². The Morgan fingerprint density at radius 1 is 1.32 bits per heavy atom. The summed E-state index contributed by atoms with van der Waals surface area (Å²) in [6, 6.07) is 6.89. The van der Waals surface area contributed by atoms with Crippen molar-refractivity contribution in [2.24, 2.45) is 0 Å². The van der Waals surface area contributed by atoms with Crippen LogP contribution < -0.4 is 5.32 Å². The van der Waals surface area contributed by atoms with E-state index in [9.17, 15) is 0 Å². The molecule has 0 bridgehead atoms. The molecule has 0 radical (unpaired) electrons. The Labute approximate surface area is 116 Å². The number of pyridine rings is 1. The van der Waals surface area contributed by atoms with Crippen LogP contribution in [0.1, 0.15) is 26.5 Å². The minimum Gasteiger partial charge on any atom is -0.370 e. The van der Waals surface area contributed by atoms with Gasteiger partial charge in [-0.1, -0.05) is 13.0 Å². The zero-order valence-corrected chi connectivity index (χ0v) is 12.4. The molecule has 1 unspecified atom stereocenters. The van der Waals surface area contributed by atoms with Crippen molar-refractivity contribution in [2.45, 2.75) is 33.4 Å². The third kappa shape index (κ3) is 3.91. The summed E-state index contributed by atoms with van der Waals surface area (Å²) in [6.45, 7) is 13.1. The molecule has 1 aliphatic rings. The van der Waals surface area contributed by atoms with Gasteiger partial charge in [0.25, 0.3) is 0 Å². The summed E-state index contributed by atoms with van der Waals surface area (Å²) in [5, 5.41) is 3.27. The predicted octanol–water partition coefficient (Wildman–Crippen LogP) is 2.04. The number of likely N-dealkylation sites (N-methyl/N-ethyl adjacent to an activating group) is 1. The van der Waals surface area contributed by atoms with Crippen LogP contribution in [-0.4, -0.2) is 53.5 Å². The first-order valence-corrected chi connectivity index (χ1v) is 7.39. The highest BCUT2D eigenvalue weighted by Crippen LogP contribution is 2.13. The van der Waals surface area contributed by atoms with Gasteiger partial charge in [-0.05, 0) is 32.5 Å². The largest absolute Gasteiger partial charge is 0.370 e. The highest BCUT2D eigenvalue weighted by molar-refractivity contribution is 5.34. The summed E-state index contributed by atoms with van der Waals surface area (Å²) >= 11 is 0. The molecule has 0 saturated carbocycles. The van der Waals surface area contributed by atoms with Crippen LogP contribution >= 0.6 is 0 Å². The van der Waals surface area contributed by atoms with Crippen LogP contribution in [0.25, 0.3) is 0 Å². The van der Waals surface area contributed by atoms with Gasteiger partial charge in [0.1, 0.15) is 5.82 Å². The van der Waals surface area contributed by atoms with Crippen molar-refractivity contribution >= 4 is 5.82 Å². The van der Waals surface area contributed by atoms with E-state index in [4.69, 9.17) is 0 Å². The number of hydrogen-bond donors (Lipinski definition) is 1. The lowest BCUT2D eigenvalue weighted by molar-refractivity contribution is 0.0827. The van der Waals surface area contributed by atoms with E-state index >= 15 is 0 Å². The van der Waals surface area contributed by atoms with E-state index in [2.05, 4.69) is 53.0 Å². The molecule has 0 amide bonds. The fourth-order valence-corrected chi connectivity index (χ4v) is 2.76. The molecule has 2 rings (SSSR count). The Hall–Kier alpha value is -1.13. The van der Waals surface area contributed by atoms with E-state index in [1.54, 1.807) is 0 Å².